The van der Waals surface area contributed by atoms with Crippen LogP contribution in [-0.4, -0.2) is 12.0 Å². The Morgan fingerprint density at radius 2 is 1.75 bits per heavy atom. The number of amides is 1. The summed E-state index contributed by atoms with van der Waals surface area (Å²) in [6.45, 7) is 10.3. The quantitative estimate of drug-likeness (QED) is 0.790. The van der Waals surface area contributed by atoms with Gasteiger partial charge in [0.15, 0.2) is 6.10 Å². The third-order valence-electron chi connectivity index (χ3n) is 4.12. The van der Waals surface area contributed by atoms with Crippen molar-refractivity contribution in [1.29, 1.82) is 0 Å². The molecule has 0 radical (unpaired) electrons. The molecule has 2 aromatic carbocycles. The van der Waals surface area contributed by atoms with Crippen LogP contribution < -0.4 is 10.1 Å². The molecule has 0 bridgehead atoms. The van der Waals surface area contributed by atoms with E-state index in [1.807, 2.05) is 63.2 Å². The number of nitrogens with one attached hydrogen (secondary N) is 1. The summed E-state index contributed by atoms with van der Waals surface area (Å²) >= 11 is 0. The molecule has 0 heterocycles. The number of anilines is 1. The molecular formula is C21H27NO2. The molecule has 1 amide bonds. The fourth-order valence-corrected chi connectivity index (χ4v) is 2.48. The van der Waals surface area contributed by atoms with Gasteiger partial charge in [-0.15, -0.1) is 0 Å². The summed E-state index contributed by atoms with van der Waals surface area (Å²) in [4.78, 5) is 12.5. The first-order valence-corrected chi connectivity index (χ1v) is 8.55. The predicted molar refractivity (Wildman–Crippen MR) is 99.8 cm³/mol. The van der Waals surface area contributed by atoms with Crippen molar-refractivity contribution >= 4 is 11.6 Å². The fraction of sp³-hybridized carbons (Fsp3) is 0.381. The van der Waals surface area contributed by atoms with Crippen LogP contribution >= 0.6 is 0 Å². The van der Waals surface area contributed by atoms with Crippen molar-refractivity contribution in [2.45, 2.75) is 53.1 Å². The monoisotopic (exact) mass is 325 g/mol. The third-order valence-corrected chi connectivity index (χ3v) is 4.12. The van der Waals surface area contributed by atoms with Gasteiger partial charge < -0.3 is 10.1 Å². The number of carbonyl (C=O) groups excluding carboxylic acids is 1. The van der Waals surface area contributed by atoms with E-state index >= 15 is 0 Å². The molecule has 0 saturated heterocycles. The van der Waals surface area contributed by atoms with E-state index in [-0.39, 0.29) is 5.91 Å². The molecule has 0 fully saturated rings. The van der Waals surface area contributed by atoms with Crippen molar-refractivity contribution < 1.29 is 9.53 Å². The lowest BCUT2D eigenvalue weighted by atomic mass is 10.0. The molecule has 0 spiro atoms. The summed E-state index contributed by atoms with van der Waals surface area (Å²) < 4.78 is 5.96. The molecule has 1 unspecified atom stereocenters. The maximum absolute atomic E-state index is 12.5. The Morgan fingerprint density at radius 1 is 1.08 bits per heavy atom. The number of hydrogen-bond donors (Lipinski definition) is 1. The molecule has 128 valence electrons. The van der Waals surface area contributed by atoms with Crippen LogP contribution in [0.3, 0.4) is 0 Å². The molecule has 0 aliphatic carbocycles. The number of carbonyl (C=O) groups is 1. The highest BCUT2D eigenvalue weighted by molar-refractivity contribution is 5.94. The minimum atomic E-state index is -0.504. The number of hydrogen-bond acceptors (Lipinski definition) is 2. The third kappa shape index (κ3) is 4.60. The maximum atomic E-state index is 12.5. The van der Waals surface area contributed by atoms with Gasteiger partial charge in [-0.2, -0.15) is 0 Å². The van der Waals surface area contributed by atoms with Crippen LogP contribution in [0.5, 0.6) is 5.75 Å². The van der Waals surface area contributed by atoms with Gasteiger partial charge in [0, 0.05) is 5.69 Å². The lowest BCUT2D eigenvalue weighted by Gasteiger charge is -2.19. The van der Waals surface area contributed by atoms with Gasteiger partial charge in [-0.1, -0.05) is 45.0 Å². The van der Waals surface area contributed by atoms with Crippen molar-refractivity contribution in [2.24, 2.45) is 0 Å². The Bertz CT molecular complexity index is 689. The first kappa shape index (κ1) is 18.1. The van der Waals surface area contributed by atoms with Crippen molar-refractivity contribution in [1.82, 2.24) is 0 Å². The van der Waals surface area contributed by atoms with Crippen molar-refractivity contribution in [3.8, 4) is 5.75 Å². The highest BCUT2D eigenvalue weighted by atomic mass is 16.5. The lowest BCUT2D eigenvalue weighted by molar-refractivity contribution is -0.122. The molecule has 0 aliphatic heterocycles. The predicted octanol–water partition coefficient (Wildman–Crippen LogP) is 5.22. The normalized spacial score (nSPS) is 12.1. The van der Waals surface area contributed by atoms with Crippen LogP contribution in [-0.2, 0) is 4.79 Å². The Kier molecular flexibility index (Phi) is 6.02. The Morgan fingerprint density at radius 3 is 2.33 bits per heavy atom. The first-order valence-electron chi connectivity index (χ1n) is 8.55. The standard InChI is InChI=1S/C21H27NO2/c1-6-19(24-20-13-15(4)7-8-16(20)5)21(23)22-18-11-9-17(10-12-18)14(2)3/h7-14,19H,6H2,1-5H3,(H,22,23). The van der Waals surface area contributed by atoms with E-state index in [9.17, 15) is 4.79 Å². The molecule has 2 rings (SSSR count). The average molecular weight is 325 g/mol. The van der Waals surface area contributed by atoms with Crippen LogP contribution in [0.1, 0.15) is 49.8 Å². The molecule has 1 N–H and O–H groups in total. The van der Waals surface area contributed by atoms with Gasteiger partial charge in [0.05, 0.1) is 0 Å². The van der Waals surface area contributed by atoms with Gasteiger partial charge in [0.2, 0.25) is 0 Å². The first-order chi connectivity index (χ1) is 11.4. The summed E-state index contributed by atoms with van der Waals surface area (Å²) in [5.41, 5.74) is 4.21. The largest absolute Gasteiger partial charge is 0.480 e. The Balaban J connectivity index is 2.07. The van der Waals surface area contributed by atoms with E-state index in [0.717, 1.165) is 22.6 Å². The van der Waals surface area contributed by atoms with Crippen molar-refractivity contribution in [2.75, 3.05) is 5.32 Å². The van der Waals surface area contributed by atoms with E-state index < -0.39 is 6.10 Å². The zero-order valence-electron chi connectivity index (χ0n) is 15.2. The molecule has 0 aromatic heterocycles. The van der Waals surface area contributed by atoms with Crippen molar-refractivity contribution in [3.63, 3.8) is 0 Å². The summed E-state index contributed by atoms with van der Waals surface area (Å²) in [6, 6.07) is 14.0. The van der Waals surface area contributed by atoms with Crippen LogP contribution in [0, 0.1) is 13.8 Å². The molecule has 0 aliphatic rings. The highest BCUT2D eigenvalue weighted by Crippen LogP contribution is 2.22. The van der Waals surface area contributed by atoms with Crippen LogP contribution in [0.2, 0.25) is 0 Å². The van der Waals surface area contributed by atoms with Gasteiger partial charge in [0.25, 0.3) is 5.91 Å². The number of rotatable bonds is 6. The second kappa shape index (κ2) is 8.00. The summed E-state index contributed by atoms with van der Waals surface area (Å²) in [7, 11) is 0. The second-order valence-corrected chi connectivity index (χ2v) is 6.55. The fourth-order valence-electron chi connectivity index (χ4n) is 2.48. The zero-order chi connectivity index (χ0) is 17.7. The topological polar surface area (TPSA) is 38.3 Å². The SMILES string of the molecule is CCC(Oc1cc(C)ccc1C)C(=O)Nc1ccc(C(C)C)cc1. The van der Waals surface area contributed by atoms with E-state index in [1.54, 1.807) is 0 Å². The number of benzene rings is 2. The molecule has 2 aromatic rings. The Labute approximate surface area is 145 Å². The lowest BCUT2D eigenvalue weighted by Crippen LogP contribution is -2.32. The van der Waals surface area contributed by atoms with E-state index in [1.165, 1.54) is 5.56 Å². The summed E-state index contributed by atoms with van der Waals surface area (Å²) in [5.74, 6) is 1.13. The van der Waals surface area contributed by atoms with Crippen LogP contribution in [0.15, 0.2) is 42.5 Å². The molecule has 3 nitrogen and oxygen atoms in total. The summed E-state index contributed by atoms with van der Waals surface area (Å²) in [6.07, 6.45) is 0.110. The molecule has 1 atom stereocenters. The van der Waals surface area contributed by atoms with Crippen LogP contribution in [0.4, 0.5) is 5.69 Å². The van der Waals surface area contributed by atoms with E-state index in [0.29, 0.717) is 12.3 Å². The van der Waals surface area contributed by atoms with Gasteiger partial charge in [-0.25, -0.2) is 0 Å². The van der Waals surface area contributed by atoms with Gasteiger partial charge in [-0.3, -0.25) is 4.79 Å². The maximum Gasteiger partial charge on any atom is 0.265 e. The Hall–Kier alpha value is -2.29. The van der Waals surface area contributed by atoms with Crippen LogP contribution in [0.25, 0.3) is 0 Å². The molecular weight excluding hydrogens is 298 g/mol. The summed E-state index contributed by atoms with van der Waals surface area (Å²) in [5, 5.41) is 2.95. The molecule has 0 saturated carbocycles. The molecule has 24 heavy (non-hydrogen) atoms. The highest BCUT2D eigenvalue weighted by Gasteiger charge is 2.19. The molecule has 3 heteroatoms. The number of aryl methyl sites for hydroxylation is 2. The second-order valence-electron chi connectivity index (χ2n) is 6.55. The van der Waals surface area contributed by atoms with E-state index in [2.05, 4.69) is 19.2 Å². The van der Waals surface area contributed by atoms with Crippen molar-refractivity contribution in [3.05, 3.63) is 59.2 Å². The van der Waals surface area contributed by atoms with E-state index in [4.69, 9.17) is 4.74 Å². The minimum absolute atomic E-state index is 0.115. The van der Waals surface area contributed by atoms with Gasteiger partial charge in [0.1, 0.15) is 5.75 Å². The average Bonchev–Trinajstić information content (AvgIpc) is 2.56. The smallest absolute Gasteiger partial charge is 0.265 e. The van der Waals surface area contributed by atoms with Gasteiger partial charge in [-0.05, 0) is 61.1 Å². The number of ether oxygens (including phenoxy) is 1. The minimum Gasteiger partial charge on any atom is -0.480 e. The van der Waals surface area contributed by atoms with Gasteiger partial charge >= 0.3 is 0 Å². The zero-order valence-corrected chi connectivity index (χ0v) is 15.2.